The zero-order chi connectivity index (χ0) is 28.9. The van der Waals surface area contributed by atoms with Crippen LogP contribution >= 0.6 is 0 Å². The Bertz CT molecular complexity index is 1220. The molecule has 0 fully saturated rings. The summed E-state index contributed by atoms with van der Waals surface area (Å²) in [6, 6.07) is 27.8. The lowest BCUT2D eigenvalue weighted by Crippen LogP contribution is -2.67. The molecule has 0 unspecified atom stereocenters. The van der Waals surface area contributed by atoms with Gasteiger partial charge >= 0.3 is 0 Å². The highest BCUT2D eigenvalue weighted by Gasteiger charge is 2.50. The number of fused-ring (bicyclic) bond motifs is 1. The first-order valence-corrected chi connectivity index (χ1v) is 16.5. The summed E-state index contributed by atoms with van der Waals surface area (Å²) in [5, 5.41) is 9.03. The van der Waals surface area contributed by atoms with Crippen molar-refractivity contribution in [2.75, 3.05) is 32.1 Å². The van der Waals surface area contributed by atoms with Gasteiger partial charge in [0.15, 0.2) is 0 Å². The van der Waals surface area contributed by atoms with E-state index in [2.05, 4.69) is 136 Å². The molecule has 1 aliphatic heterocycles. The molecule has 1 heterocycles. The van der Waals surface area contributed by atoms with Crippen LogP contribution in [-0.2, 0) is 22.1 Å². The molecule has 4 rings (SSSR count). The van der Waals surface area contributed by atoms with Crippen LogP contribution in [0.1, 0.15) is 45.7 Å². The average Bonchev–Trinajstić information content (AvgIpc) is 2.92. The topological polar surface area (TPSA) is 53.6 Å². The fraction of sp³-hybridized carbons (Fsp3) is 0.441. The van der Waals surface area contributed by atoms with Crippen molar-refractivity contribution < 1.29 is 9.22 Å². The zero-order valence-corrected chi connectivity index (χ0v) is 26.3. The van der Waals surface area contributed by atoms with Crippen LogP contribution in [0, 0.1) is 5.92 Å². The molecule has 1 aliphatic rings. The lowest BCUT2D eigenvalue weighted by Gasteiger charge is -2.44. The smallest absolute Gasteiger partial charge is 0.261 e. The molecule has 2 atom stereocenters. The molecule has 2 N–H and O–H groups in total. The highest BCUT2D eigenvalue weighted by molar-refractivity contribution is 6.99. The van der Waals surface area contributed by atoms with Gasteiger partial charge in [-0.05, 0) is 65.0 Å². The normalized spacial score (nSPS) is 18.2. The molecular weight excluding hydrogens is 510 g/mol. The van der Waals surface area contributed by atoms with E-state index in [0.717, 1.165) is 25.1 Å². The molecule has 0 bridgehead atoms. The van der Waals surface area contributed by atoms with Crippen molar-refractivity contribution in [2.45, 2.75) is 64.6 Å². The number of rotatable bonds is 9. The van der Waals surface area contributed by atoms with E-state index in [-0.39, 0.29) is 28.9 Å². The summed E-state index contributed by atoms with van der Waals surface area (Å²) in [4.78, 5) is 15.9. The predicted octanol–water partition coefficient (Wildman–Crippen LogP) is 4.53. The first kappa shape index (κ1) is 30.0. The Labute approximate surface area is 242 Å². The van der Waals surface area contributed by atoms with Crippen LogP contribution in [0.5, 0.6) is 0 Å². The van der Waals surface area contributed by atoms with Gasteiger partial charge in [0.25, 0.3) is 8.32 Å². The molecule has 0 saturated carbocycles. The summed E-state index contributed by atoms with van der Waals surface area (Å²) in [6.45, 7) is 12.5. The Hall–Kier alpha value is -2.93. The third-order valence-electron chi connectivity index (χ3n) is 8.24. The summed E-state index contributed by atoms with van der Waals surface area (Å²) in [5.41, 5.74) is 3.68. The zero-order valence-electron chi connectivity index (χ0n) is 25.3. The number of anilines is 1. The van der Waals surface area contributed by atoms with Crippen molar-refractivity contribution in [3.63, 3.8) is 0 Å². The third-order valence-corrected chi connectivity index (χ3v) is 13.2. The van der Waals surface area contributed by atoms with E-state index >= 15 is 0 Å². The number of amides is 1. The molecule has 0 spiro atoms. The maximum atomic E-state index is 13.8. The fourth-order valence-corrected chi connectivity index (χ4v) is 10.9. The number of benzene rings is 3. The Balaban J connectivity index is 1.74. The second kappa shape index (κ2) is 12.7. The highest BCUT2D eigenvalue weighted by atomic mass is 28.4. The van der Waals surface area contributed by atoms with Crippen LogP contribution in [-0.4, -0.2) is 53.6 Å². The van der Waals surface area contributed by atoms with Crippen molar-refractivity contribution in [3.8, 4) is 0 Å². The van der Waals surface area contributed by atoms with Crippen LogP contribution in [0.3, 0.4) is 0 Å². The highest BCUT2D eigenvalue weighted by Crippen LogP contribution is 2.37. The molecule has 0 aliphatic carbocycles. The molecule has 0 aromatic heterocycles. The fourth-order valence-electron chi connectivity index (χ4n) is 6.30. The van der Waals surface area contributed by atoms with E-state index < -0.39 is 8.32 Å². The van der Waals surface area contributed by atoms with Gasteiger partial charge in [0.2, 0.25) is 5.91 Å². The van der Waals surface area contributed by atoms with Gasteiger partial charge in [-0.15, -0.1) is 0 Å². The van der Waals surface area contributed by atoms with Crippen molar-refractivity contribution in [3.05, 3.63) is 90.0 Å². The van der Waals surface area contributed by atoms with E-state index in [1.54, 1.807) is 0 Å². The standard InChI is InChI=1S/C34H47N3O2Si/c1-25(2)32-33(38)36-28(23-27-19-18-26(20-21-35-6)22-31(27)37(32)7)24-39-40(34(3,4)5,29-14-10-8-11-15-29)30-16-12-9-13-17-30/h8-19,22,25,28,32,35H,20-21,23-24H2,1-7H3,(H,36,38)/t28-,32-/m0/s1. The second-order valence-corrected chi connectivity index (χ2v) is 16.8. The number of nitrogens with zero attached hydrogens (tertiary/aromatic N) is 1. The molecule has 3 aromatic carbocycles. The van der Waals surface area contributed by atoms with E-state index in [1.165, 1.54) is 21.5 Å². The van der Waals surface area contributed by atoms with Gasteiger partial charge in [-0.3, -0.25) is 4.79 Å². The van der Waals surface area contributed by atoms with Crippen LogP contribution in [0.2, 0.25) is 5.04 Å². The lowest BCUT2D eigenvalue weighted by molar-refractivity contribution is -0.124. The number of carbonyl (C=O) groups is 1. The molecule has 5 nitrogen and oxygen atoms in total. The lowest BCUT2D eigenvalue weighted by atomic mass is 9.94. The van der Waals surface area contributed by atoms with Crippen molar-refractivity contribution in [1.29, 1.82) is 0 Å². The number of hydrogen-bond acceptors (Lipinski definition) is 4. The van der Waals surface area contributed by atoms with Gasteiger partial charge < -0.3 is 20.0 Å². The summed E-state index contributed by atoms with van der Waals surface area (Å²) >= 11 is 0. The Morgan fingerprint density at radius 2 is 1.60 bits per heavy atom. The van der Waals surface area contributed by atoms with Crippen molar-refractivity contribution in [1.82, 2.24) is 10.6 Å². The Morgan fingerprint density at radius 3 is 2.12 bits per heavy atom. The maximum absolute atomic E-state index is 13.8. The Morgan fingerprint density at radius 1 is 1.00 bits per heavy atom. The van der Waals surface area contributed by atoms with Crippen molar-refractivity contribution in [2.24, 2.45) is 5.92 Å². The third kappa shape index (κ3) is 6.19. The minimum atomic E-state index is -2.72. The first-order chi connectivity index (χ1) is 19.1. The molecule has 6 heteroatoms. The molecular formula is C34H47N3O2Si. The van der Waals surface area contributed by atoms with Gasteiger partial charge in [-0.1, -0.05) is 107 Å². The second-order valence-electron chi connectivity index (χ2n) is 12.5. The van der Waals surface area contributed by atoms with E-state index in [0.29, 0.717) is 6.61 Å². The summed E-state index contributed by atoms with van der Waals surface area (Å²) in [7, 11) is 1.32. The van der Waals surface area contributed by atoms with Gasteiger partial charge in [-0.25, -0.2) is 0 Å². The number of hydrogen-bond donors (Lipinski definition) is 2. The maximum Gasteiger partial charge on any atom is 0.261 e. The van der Waals surface area contributed by atoms with Gasteiger partial charge in [0, 0.05) is 12.7 Å². The molecule has 0 radical (unpaired) electrons. The van der Waals surface area contributed by atoms with Gasteiger partial charge in [0.05, 0.1) is 12.6 Å². The van der Waals surface area contributed by atoms with Crippen LogP contribution in [0.15, 0.2) is 78.9 Å². The summed E-state index contributed by atoms with van der Waals surface area (Å²) in [5.74, 6) is 0.231. The van der Waals surface area contributed by atoms with Crippen molar-refractivity contribution >= 4 is 30.3 Å². The van der Waals surface area contributed by atoms with E-state index in [9.17, 15) is 4.79 Å². The minimum Gasteiger partial charge on any atom is -0.405 e. The van der Waals surface area contributed by atoms with Crippen LogP contribution in [0.25, 0.3) is 0 Å². The van der Waals surface area contributed by atoms with E-state index in [1.807, 2.05) is 7.05 Å². The molecule has 3 aromatic rings. The van der Waals surface area contributed by atoms with Crippen LogP contribution < -0.4 is 25.9 Å². The molecule has 214 valence electrons. The van der Waals surface area contributed by atoms with Gasteiger partial charge in [-0.2, -0.15) is 0 Å². The molecule has 0 saturated heterocycles. The van der Waals surface area contributed by atoms with Gasteiger partial charge in [0.1, 0.15) is 6.04 Å². The average molecular weight is 558 g/mol. The quantitative estimate of drug-likeness (QED) is 0.380. The number of nitrogens with one attached hydrogen (secondary N) is 2. The Kier molecular flexibility index (Phi) is 9.55. The molecule has 40 heavy (non-hydrogen) atoms. The number of carbonyl (C=O) groups excluding carboxylic acids is 1. The summed E-state index contributed by atoms with van der Waals surface area (Å²) < 4.78 is 7.27. The van der Waals surface area contributed by atoms with E-state index in [4.69, 9.17) is 4.43 Å². The monoisotopic (exact) mass is 557 g/mol. The minimum absolute atomic E-state index is 0.0693. The number of likely N-dealkylation sites (N-methyl/N-ethyl adjacent to an activating group) is 2. The first-order valence-electron chi connectivity index (χ1n) is 14.6. The largest absolute Gasteiger partial charge is 0.405 e. The summed E-state index contributed by atoms with van der Waals surface area (Å²) in [6.07, 6.45) is 1.68. The predicted molar refractivity (Wildman–Crippen MR) is 170 cm³/mol. The molecule has 1 amide bonds. The van der Waals surface area contributed by atoms with Crippen LogP contribution in [0.4, 0.5) is 5.69 Å². The SMILES string of the molecule is CNCCc1ccc2c(c1)N(C)[C@@H](C(C)C)C(=O)N[C@H](CO[Si](c1ccccc1)(c1ccccc1)C(C)(C)C)C2.